The molecule has 2 N–H and O–H groups in total. The number of hydrogen-bond donors (Lipinski definition) is 1. The van der Waals surface area contributed by atoms with Crippen molar-refractivity contribution in [3.63, 3.8) is 0 Å². The van der Waals surface area contributed by atoms with Crippen LogP contribution in [-0.2, 0) is 6.54 Å². The highest BCUT2D eigenvalue weighted by atomic mass is 32.1. The van der Waals surface area contributed by atoms with Gasteiger partial charge >= 0.3 is 0 Å². The molecule has 1 aliphatic carbocycles. The zero-order valence-electron chi connectivity index (χ0n) is 10.9. The van der Waals surface area contributed by atoms with Crippen molar-refractivity contribution in [3.05, 3.63) is 52.0 Å². The van der Waals surface area contributed by atoms with Crippen LogP contribution in [0, 0.1) is 5.82 Å². The van der Waals surface area contributed by atoms with E-state index in [9.17, 15) is 4.39 Å². The van der Waals surface area contributed by atoms with E-state index in [-0.39, 0.29) is 10.8 Å². The second-order valence-corrected chi connectivity index (χ2v) is 6.24. The number of anilines is 1. The molecule has 0 aliphatic heterocycles. The van der Waals surface area contributed by atoms with Crippen LogP contribution in [0.3, 0.4) is 0 Å². The summed E-state index contributed by atoms with van der Waals surface area (Å²) in [4.78, 5) is 2.36. The summed E-state index contributed by atoms with van der Waals surface area (Å²) < 4.78 is 14.0. The lowest BCUT2D eigenvalue weighted by Gasteiger charge is -2.24. The second kappa shape index (κ2) is 5.50. The number of thiophene rings is 1. The SMILES string of the molecule is NC(=S)c1ccc(N(Cc2ccsc2)C2CC2)cc1F. The van der Waals surface area contributed by atoms with E-state index in [1.807, 2.05) is 6.07 Å². The minimum absolute atomic E-state index is 0.102. The lowest BCUT2D eigenvalue weighted by molar-refractivity contribution is 0.623. The smallest absolute Gasteiger partial charge is 0.135 e. The van der Waals surface area contributed by atoms with Crippen LogP contribution >= 0.6 is 23.6 Å². The molecule has 0 spiro atoms. The average molecular weight is 306 g/mol. The minimum atomic E-state index is -0.342. The summed E-state index contributed by atoms with van der Waals surface area (Å²) in [5, 5.41) is 4.20. The average Bonchev–Trinajstić information content (AvgIpc) is 3.12. The first-order valence-electron chi connectivity index (χ1n) is 6.52. The highest BCUT2D eigenvalue weighted by Crippen LogP contribution is 2.34. The van der Waals surface area contributed by atoms with Crippen LogP contribution in [0.15, 0.2) is 35.0 Å². The van der Waals surface area contributed by atoms with Gasteiger partial charge in [-0.2, -0.15) is 11.3 Å². The summed E-state index contributed by atoms with van der Waals surface area (Å²) in [5.41, 5.74) is 7.98. The van der Waals surface area contributed by atoms with Gasteiger partial charge in [-0.3, -0.25) is 0 Å². The van der Waals surface area contributed by atoms with E-state index in [2.05, 4.69) is 21.7 Å². The van der Waals surface area contributed by atoms with Gasteiger partial charge < -0.3 is 10.6 Å². The standard InChI is InChI=1S/C15H15FN2S2/c16-14-7-12(3-4-13(14)15(17)19)18(11-1-2-11)8-10-5-6-20-9-10/h3-7,9,11H,1-2,8H2,(H2,17,19). The molecule has 1 heterocycles. The Morgan fingerprint density at radius 2 is 2.20 bits per heavy atom. The molecule has 0 amide bonds. The molecule has 0 atom stereocenters. The third kappa shape index (κ3) is 2.83. The van der Waals surface area contributed by atoms with E-state index in [0.29, 0.717) is 11.6 Å². The fraction of sp³-hybridized carbons (Fsp3) is 0.267. The molecule has 1 fully saturated rings. The topological polar surface area (TPSA) is 29.3 Å². The Bertz CT molecular complexity index is 621. The maximum Gasteiger partial charge on any atom is 0.135 e. The second-order valence-electron chi connectivity index (χ2n) is 5.02. The van der Waals surface area contributed by atoms with E-state index < -0.39 is 0 Å². The van der Waals surface area contributed by atoms with Gasteiger partial charge in [0.2, 0.25) is 0 Å². The summed E-state index contributed by atoms with van der Waals surface area (Å²) in [5.74, 6) is -0.342. The monoisotopic (exact) mass is 306 g/mol. The van der Waals surface area contributed by atoms with Gasteiger partial charge in [-0.25, -0.2) is 4.39 Å². The summed E-state index contributed by atoms with van der Waals surface area (Å²) in [6, 6.07) is 7.75. The van der Waals surface area contributed by atoms with Gasteiger partial charge in [-0.1, -0.05) is 12.2 Å². The van der Waals surface area contributed by atoms with Crippen molar-refractivity contribution in [2.45, 2.75) is 25.4 Å². The van der Waals surface area contributed by atoms with E-state index in [1.165, 1.54) is 18.4 Å². The lowest BCUT2D eigenvalue weighted by Crippen LogP contribution is -2.25. The molecular formula is C15H15FN2S2. The van der Waals surface area contributed by atoms with Gasteiger partial charge in [0.1, 0.15) is 10.8 Å². The van der Waals surface area contributed by atoms with Crippen molar-refractivity contribution in [1.82, 2.24) is 0 Å². The van der Waals surface area contributed by atoms with Crippen LogP contribution in [-0.4, -0.2) is 11.0 Å². The molecule has 1 aromatic carbocycles. The molecule has 3 rings (SSSR count). The van der Waals surface area contributed by atoms with Gasteiger partial charge in [0, 0.05) is 23.8 Å². The first-order valence-corrected chi connectivity index (χ1v) is 7.87. The lowest BCUT2D eigenvalue weighted by atomic mass is 10.1. The van der Waals surface area contributed by atoms with Gasteiger partial charge in [0.05, 0.1) is 0 Å². The number of nitrogens with two attached hydrogens (primary N) is 1. The molecule has 2 aromatic rings. The van der Waals surface area contributed by atoms with Crippen LogP contribution in [0.2, 0.25) is 0 Å². The Hall–Kier alpha value is -1.46. The molecule has 104 valence electrons. The van der Waals surface area contributed by atoms with Gasteiger partial charge in [-0.05, 0) is 53.4 Å². The van der Waals surface area contributed by atoms with E-state index in [0.717, 1.165) is 12.2 Å². The van der Waals surface area contributed by atoms with Crippen LogP contribution < -0.4 is 10.6 Å². The molecule has 1 aromatic heterocycles. The third-order valence-electron chi connectivity index (χ3n) is 3.47. The Morgan fingerprint density at radius 1 is 1.40 bits per heavy atom. The number of thiocarbonyl (C=S) groups is 1. The molecule has 5 heteroatoms. The fourth-order valence-electron chi connectivity index (χ4n) is 2.28. The molecule has 0 unspecified atom stereocenters. The maximum absolute atomic E-state index is 14.0. The normalized spacial score (nSPS) is 14.2. The third-order valence-corrected chi connectivity index (χ3v) is 4.42. The van der Waals surface area contributed by atoms with Crippen molar-refractivity contribution < 1.29 is 4.39 Å². The minimum Gasteiger partial charge on any atom is -0.389 e. The molecule has 1 aliphatic rings. The number of halogens is 1. The highest BCUT2D eigenvalue weighted by Gasteiger charge is 2.29. The molecule has 1 saturated carbocycles. The Kier molecular flexibility index (Phi) is 3.72. The molecule has 20 heavy (non-hydrogen) atoms. The molecular weight excluding hydrogens is 291 g/mol. The quantitative estimate of drug-likeness (QED) is 0.854. The fourth-order valence-corrected chi connectivity index (χ4v) is 3.10. The van der Waals surface area contributed by atoms with Crippen LogP contribution in [0.4, 0.5) is 10.1 Å². The van der Waals surface area contributed by atoms with Crippen molar-refractivity contribution >= 4 is 34.2 Å². The Labute approximate surface area is 127 Å². The van der Waals surface area contributed by atoms with Crippen molar-refractivity contribution in [1.29, 1.82) is 0 Å². The number of benzene rings is 1. The molecule has 0 radical (unpaired) electrons. The van der Waals surface area contributed by atoms with Crippen molar-refractivity contribution in [2.75, 3.05) is 4.90 Å². The van der Waals surface area contributed by atoms with E-state index in [1.54, 1.807) is 23.5 Å². The summed E-state index contributed by atoms with van der Waals surface area (Å²) in [7, 11) is 0. The first kappa shape index (κ1) is 13.5. The van der Waals surface area contributed by atoms with Gasteiger partial charge in [0.25, 0.3) is 0 Å². The highest BCUT2D eigenvalue weighted by molar-refractivity contribution is 7.80. The number of nitrogens with zero attached hydrogens (tertiary/aromatic N) is 1. The van der Waals surface area contributed by atoms with E-state index >= 15 is 0 Å². The molecule has 0 saturated heterocycles. The van der Waals surface area contributed by atoms with Crippen LogP contribution in [0.25, 0.3) is 0 Å². The predicted molar refractivity (Wildman–Crippen MR) is 85.8 cm³/mol. The molecule has 2 nitrogen and oxygen atoms in total. The maximum atomic E-state index is 14.0. The predicted octanol–water partition coefficient (Wildman–Crippen LogP) is 3.69. The summed E-state index contributed by atoms with van der Waals surface area (Å²) >= 11 is 6.53. The van der Waals surface area contributed by atoms with Crippen molar-refractivity contribution in [2.24, 2.45) is 5.73 Å². The largest absolute Gasteiger partial charge is 0.389 e. The zero-order chi connectivity index (χ0) is 14.1. The number of hydrogen-bond acceptors (Lipinski definition) is 3. The summed E-state index contributed by atoms with van der Waals surface area (Å²) in [6.45, 7) is 0.819. The summed E-state index contributed by atoms with van der Waals surface area (Å²) in [6.07, 6.45) is 2.34. The molecule has 0 bridgehead atoms. The first-order chi connectivity index (χ1) is 9.65. The Balaban J connectivity index is 1.88. The van der Waals surface area contributed by atoms with Crippen LogP contribution in [0.1, 0.15) is 24.0 Å². The zero-order valence-corrected chi connectivity index (χ0v) is 12.5. The van der Waals surface area contributed by atoms with Gasteiger partial charge in [-0.15, -0.1) is 0 Å². The van der Waals surface area contributed by atoms with Crippen molar-refractivity contribution in [3.8, 4) is 0 Å². The number of rotatable bonds is 5. The Morgan fingerprint density at radius 3 is 2.75 bits per heavy atom. The van der Waals surface area contributed by atoms with Crippen LogP contribution in [0.5, 0.6) is 0 Å². The van der Waals surface area contributed by atoms with E-state index in [4.69, 9.17) is 18.0 Å². The van der Waals surface area contributed by atoms with Gasteiger partial charge in [0.15, 0.2) is 0 Å².